The number of hydrogen-bond acceptors (Lipinski definition) is 4. The quantitative estimate of drug-likeness (QED) is 0.490. The summed E-state index contributed by atoms with van der Waals surface area (Å²) in [5.41, 5.74) is -0.263. The van der Waals surface area contributed by atoms with Crippen LogP contribution >= 0.6 is 15.9 Å². The number of carbonyl (C=O) groups excluding carboxylic acids is 1. The van der Waals surface area contributed by atoms with Gasteiger partial charge in [0.1, 0.15) is 0 Å². The number of benzene rings is 1. The Hall–Kier alpha value is -1.43. The van der Waals surface area contributed by atoms with E-state index in [0.717, 1.165) is 6.07 Å². The summed E-state index contributed by atoms with van der Waals surface area (Å²) < 4.78 is 0.0386. The summed E-state index contributed by atoms with van der Waals surface area (Å²) in [5.74, 6) is -0.533. The van der Waals surface area contributed by atoms with Gasteiger partial charge in [0.15, 0.2) is 6.29 Å². The van der Waals surface area contributed by atoms with E-state index in [9.17, 15) is 20.0 Å². The van der Waals surface area contributed by atoms with Crippen LogP contribution < -0.4 is 0 Å². The fraction of sp³-hybridized carbons (Fsp3) is 0. The van der Waals surface area contributed by atoms with Gasteiger partial charge >= 0.3 is 5.69 Å². The van der Waals surface area contributed by atoms with Gasteiger partial charge in [0.05, 0.1) is 9.40 Å². The van der Waals surface area contributed by atoms with E-state index in [1.54, 1.807) is 0 Å². The second-order valence-corrected chi connectivity index (χ2v) is 3.00. The molecule has 0 saturated heterocycles. The van der Waals surface area contributed by atoms with Crippen molar-refractivity contribution in [1.29, 1.82) is 0 Å². The molecule has 0 spiro atoms. The third-order valence-electron chi connectivity index (χ3n) is 1.45. The molecule has 68 valence electrons. The van der Waals surface area contributed by atoms with Crippen LogP contribution in [0.1, 0.15) is 10.4 Å². The zero-order valence-corrected chi connectivity index (χ0v) is 7.82. The lowest BCUT2D eigenvalue weighted by Crippen LogP contribution is -1.91. The van der Waals surface area contributed by atoms with Crippen LogP contribution in [0.25, 0.3) is 0 Å². The fourth-order valence-electron chi connectivity index (χ4n) is 0.808. The fourth-order valence-corrected chi connectivity index (χ4v) is 1.24. The van der Waals surface area contributed by atoms with Crippen LogP contribution in [-0.4, -0.2) is 16.3 Å². The van der Waals surface area contributed by atoms with E-state index >= 15 is 0 Å². The molecule has 0 unspecified atom stereocenters. The van der Waals surface area contributed by atoms with Crippen molar-refractivity contribution in [3.8, 4) is 5.75 Å². The molecule has 6 heteroatoms. The number of phenols is 1. The van der Waals surface area contributed by atoms with Crippen molar-refractivity contribution >= 4 is 27.9 Å². The predicted molar refractivity (Wildman–Crippen MR) is 47.8 cm³/mol. The maximum Gasteiger partial charge on any atom is 0.311 e. The third kappa shape index (κ3) is 1.67. The number of nitrogens with zero attached hydrogens (tertiary/aromatic N) is 1. The third-order valence-corrected chi connectivity index (χ3v) is 2.28. The molecule has 0 aromatic heterocycles. The monoisotopic (exact) mass is 245 g/mol. The minimum Gasteiger partial charge on any atom is -0.501 e. The first-order valence-electron chi connectivity index (χ1n) is 3.19. The zero-order valence-electron chi connectivity index (χ0n) is 6.23. The highest BCUT2D eigenvalue weighted by molar-refractivity contribution is 9.10. The second-order valence-electron chi connectivity index (χ2n) is 2.21. The first kappa shape index (κ1) is 9.66. The summed E-state index contributed by atoms with van der Waals surface area (Å²) in [6.07, 6.45) is 0.494. The van der Waals surface area contributed by atoms with Crippen LogP contribution in [0.5, 0.6) is 5.75 Å². The van der Waals surface area contributed by atoms with Crippen molar-refractivity contribution in [2.24, 2.45) is 0 Å². The Bertz CT molecular complexity index is 377. The van der Waals surface area contributed by atoms with Crippen molar-refractivity contribution in [3.63, 3.8) is 0 Å². The standard InChI is InChI=1S/C7H4BrNO4/c8-6-4(3-10)1-2-5(7(6)11)9(12)13/h1-3,11H. The van der Waals surface area contributed by atoms with Crippen molar-refractivity contribution in [1.82, 2.24) is 0 Å². The molecule has 0 aliphatic carbocycles. The number of halogens is 1. The van der Waals surface area contributed by atoms with Crippen molar-refractivity contribution in [3.05, 3.63) is 32.3 Å². The Labute approximate surface area is 81.3 Å². The molecule has 0 radical (unpaired) electrons. The summed E-state index contributed by atoms with van der Waals surface area (Å²) in [6.45, 7) is 0. The number of hydrogen-bond donors (Lipinski definition) is 1. The van der Waals surface area contributed by atoms with Gasteiger partial charge in [-0.15, -0.1) is 0 Å². The Morgan fingerprint density at radius 3 is 2.62 bits per heavy atom. The molecule has 0 amide bonds. The number of nitro benzene ring substituents is 1. The average molecular weight is 246 g/mol. The molecule has 13 heavy (non-hydrogen) atoms. The SMILES string of the molecule is O=Cc1ccc([N+](=O)[O-])c(O)c1Br. The van der Waals surface area contributed by atoms with Crippen molar-refractivity contribution in [2.75, 3.05) is 0 Å². The van der Waals surface area contributed by atoms with Crippen LogP contribution in [-0.2, 0) is 0 Å². The van der Waals surface area contributed by atoms with Crippen LogP contribution in [0, 0.1) is 10.1 Å². The number of carbonyl (C=O) groups is 1. The van der Waals surface area contributed by atoms with Crippen molar-refractivity contribution < 1.29 is 14.8 Å². The Morgan fingerprint density at radius 2 is 2.15 bits per heavy atom. The molecule has 0 saturated carbocycles. The molecule has 0 fully saturated rings. The molecular formula is C7H4BrNO4. The maximum absolute atomic E-state index is 10.3. The predicted octanol–water partition coefficient (Wildman–Crippen LogP) is 1.88. The van der Waals surface area contributed by atoms with Crippen LogP contribution in [0.4, 0.5) is 5.69 Å². The largest absolute Gasteiger partial charge is 0.501 e. The first-order valence-corrected chi connectivity index (χ1v) is 3.98. The molecule has 1 aromatic carbocycles. The van der Waals surface area contributed by atoms with Gasteiger partial charge in [0.2, 0.25) is 5.75 Å². The van der Waals surface area contributed by atoms with Gasteiger partial charge in [0.25, 0.3) is 0 Å². The molecule has 0 atom stereocenters. The lowest BCUT2D eigenvalue weighted by Gasteiger charge is -1.99. The van der Waals surface area contributed by atoms with Crippen LogP contribution in [0.3, 0.4) is 0 Å². The summed E-state index contributed by atoms with van der Waals surface area (Å²) in [5, 5.41) is 19.5. The summed E-state index contributed by atoms with van der Waals surface area (Å²) in [4.78, 5) is 19.9. The highest BCUT2D eigenvalue weighted by atomic mass is 79.9. The van der Waals surface area contributed by atoms with Gasteiger partial charge in [-0.25, -0.2) is 0 Å². The van der Waals surface area contributed by atoms with E-state index in [0.29, 0.717) is 6.29 Å². The summed E-state index contributed by atoms with van der Waals surface area (Å²) >= 11 is 2.87. The molecular weight excluding hydrogens is 242 g/mol. The van der Waals surface area contributed by atoms with E-state index < -0.39 is 16.4 Å². The van der Waals surface area contributed by atoms with E-state index in [1.165, 1.54) is 6.07 Å². The maximum atomic E-state index is 10.3. The minimum atomic E-state index is -0.728. The molecule has 1 N–H and O–H groups in total. The molecule has 0 bridgehead atoms. The topological polar surface area (TPSA) is 80.4 Å². The summed E-state index contributed by atoms with van der Waals surface area (Å²) in [6, 6.07) is 2.33. The average Bonchev–Trinajstić information content (AvgIpc) is 2.09. The van der Waals surface area contributed by atoms with Gasteiger partial charge in [-0.2, -0.15) is 0 Å². The molecule has 1 aromatic rings. The lowest BCUT2D eigenvalue weighted by molar-refractivity contribution is -0.385. The van der Waals surface area contributed by atoms with E-state index in [1.807, 2.05) is 0 Å². The zero-order chi connectivity index (χ0) is 10.0. The number of aromatic hydroxyl groups is 1. The number of phenolic OH excluding ortho intramolecular Hbond substituents is 1. The molecule has 0 aliphatic rings. The minimum absolute atomic E-state index is 0.0386. The van der Waals surface area contributed by atoms with E-state index in [4.69, 9.17) is 0 Å². The first-order chi connectivity index (χ1) is 6.07. The molecule has 0 aliphatic heterocycles. The molecule has 0 heterocycles. The van der Waals surface area contributed by atoms with Gasteiger partial charge in [-0.3, -0.25) is 14.9 Å². The van der Waals surface area contributed by atoms with Crippen molar-refractivity contribution in [2.45, 2.75) is 0 Å². The Morgan fingerprint density at radius 1 is 1.54 bits per heavy atom. The van der Waals surface area contributed by atoms with Crippen LogP contribution in [0.15, 0.2) is 16.6 Å². The highest BCUT2D eigenvalue weighted by Gasteiger charge is 2.17. The highest BCUT2D eigenvalue weighted by Crippen LogP contribution is 2.35. The number of rotatable bonds is 2. The lowest BCUT2D eigenvalue weighted by atomic mass is 10.2. The Kier molecular flexibility index (Phi) is 2.62. The Balaban J connectivity index is 3.39. The van der Waals surface area contributed by atoms with Gasteiger partial charge in [0, 0.05) is 11.6 Å². The van der Waals surface area contributed by atoms with Gasteiger partial charge < -0.3 is 5.11 Å². The number of nitro groups is 1. The van der Waals surface area contributed by atoms with E-state index in [2.05, 4.69) is 15.9 Å². The molecule has 5 nitrogen and oxygen atoms in total. The molecule has 1 rings (SSSR count). The second kappa shape index (κ2) is 3.53. The van der Waals surface area contributed by atoms with Crippen LogP contribution in [0.2, 0.25) is 0 Å². The number of aldehydes is 1. The normalized spacial score (nSPS) is 9.62. The summed E-state index contributed by atoms with van der Waals surface area (Å²) in [7, 11) is 0. The van der Waals surface area contributed by atoms with Gasteiger partial charge in [-0.05, 0) is 22.0 Å². The van der Waals surface area contributed by atoms with Gasteiger partial charge in [-0.1, -0.05) is 0 Å². The van der Waals surface area contributed by atoms with E-state index in [-0.39, 0.29) is 10.0 Å². The smallest absolute Gasteiger partial charge is 0.311 e.